The van der Waals surface area contributed by atoms with Crippen LogP contribution in [0.1, 0.15) is 27.2 Å². The Morgan fingerprint density at radius 1 is 1.06 bits per heavy atom. The van der Waals surface area contributed by atoms with Crippen molar-refractivity contribution in [2.75, 3.05) is 32.1 Å². The summed E-state index contributed by atoms with van der Waals surface area (Å²) in [6.45, 7) is 5.54. The van der Waals surface area contributed by atoms with Crippen LogP contribution in [0.25, 0.3) is 0 Å². The molecule has 0 spiro atoms. The number of piperidine rings is 1. The molecule has 1 aromatic rings. The van der Waals surface area contributed by atoms with Crippen molar-refractivity contribution in [3.8, 4) is 0 Å². The number of halogens is 1. The highest BCUT2D eigenvalue weighted by Gasteiger charge is 2.35. The number of rotatable bonds is 5. The molecule has 0 radical (unpaired) electrons. The van der Waals surface area contributed by atoms with E-state index in [1.807, 2.05) is 0 Å². The van der Waals surface area contributed by atoms with Crippen molar-refractivity contribution in [3.05, 3.63) is 29.3 Å². The van der Waals surface area contributed by atoms with Crippen LogP contribution in [-0.4, -0.2) is 73.2 Å². The number of hydrogen-bond acceptors (Lipinski definition) is 6. The number of carbonyl (C=O) groups is 4. The molecule has 1 fully saturated rings. The molecule has 4 amide bonds. The van der Waals surface area contributed by atoms with E-state index in [9.17, 15) is 19.2 Å². The molecule has 0 bridgehead atoms. The number of hydrogen-bond donors (Lipinski definition) is 3. The number of nitrogens with one attached hydrogen (secondary N) is 3. The van der Waals surface area contributed by atoms with E-state index in [2.05, 4.69) is 16.0 Å². The number of ether oxygens (including phenoxy) is 2. The molecule has 176 valence electrons. The number of amides is 4. The quantitative estimate of drug-likeness (QED) is 0.563. The van der Waals surface area contributed by atoms with Gasteiger partial charge in [-0.25, -0.2) is 4.79 Å². The maximum Gasteiger partial charge on any atom is 0.408 e. The highest BCUT2D eigenvalue weighted by molar-refractivity contribution is 6.39. The van der Waals surface area contributed by atoms with Gasteiger partial charge in [0.1, 0.15) is 12.2 Å². The SMILES string of the molecule is COCC(=O)N1CC[C@H](NC(=O)C(=O)Nc2ccc(Cl)cc2)[C@H](NC(=O)OC(C)(C)C)C1. The highest BCUT2D eigenvalue weighted by Crippen LogP contribution is 2.15. The molecule has 2 atom stereocenters. The van der Waals surface area contributed by atoms with Crippen molar-refractivity contribution in [2.45, 2.75) is 44.9 Å². The van der Waals surface area contributed by atoms with E-state index < -0.39 is 35.6 Å². The molecule has 10 nitrogen and oxygen atoms in total. The second kappa shape index (κ2) is 11.1. The summed E-state index contributed by atoms with van der Waals surface area (Å²) < 4.78 is 10.2. The second-order valence-electron chi connectivity index (χ2n) is 8.36. The van der Waals surface area contributed by atoms with Gasteiger partial charge in [0.2, 0.25) is 5.91 Å². The van der Waals surface area contributed by atoms with Crippen LogP contribution < -0.4 is 16.0 Å². The van der Waals surface area contributed by atoms with Crippen LogP contribution in [0.15, 0.2) is 24.3 Å². The molecular weight excluding hydrogens is 440 g/mol. The molecule has 0 unspecified atom stereocenters. The zero-order valence-corrected chi connectivity index (χ0v) is 19.3. The number of alkyl carbamates (subject to hydrolysis) is 1. The number of likely N-dealkylation sites (tertiary alicyclic amines) is 1. The third-order valence-corrected chi connectivity index (χ3v) is 4.81. The van der Waals surface area contributed by atoms with Crippen molar-refractivity contribution in [1.29, 1.82) is 0 Å². The maximum atomic E-state index is 12.5. The Morgan fingerprint density at radius 3 is 2.31 bits per heavy atom. The van der Waals surface area contributed by atoms with Crippen LogP contribution in [0.4, 0.5) is 10.5 Å². The van der Waals surface area contributed by atoms with Gasteiger partial charge in [-0.1, -0.05) is 11.6 Å². The van der Waals surface area contributed by atoms with Gasteiger partial charge in [-0.2, -0.15) is 0 Å². The van der Waals surface area contributed by atoms with Crippen molar-refractivity contribution in [3.63, 3.8) is 0 Å². The van der Waals surface area contributed by atoms with Crippen molar-refractivity contribution >= 4 is 41.1 Å². The average molecular weight is 469 g/mol. The second-order valence-corrected chi connectivity index (χ2v) is 8.79. The molecule has 0 saturated carbocycles. The Bertz CT molecular complexity index is 840. The Balaban J connectivity index is 2.05. The van der Waals surface area contributed by atoms with Crippen molar-refractivity contribution < 1.29 is 28.7 Å². The van der Waals surface area contributed by atoms with E-state index in [4.69, 9.17) is 21.1 Å². The van der Waals surface area contributed by atoms with E-state index in [1.165, 1.54) is 12.0 Å². The minimum absolute atomic E-state index is 0.0975. The summed E-state index contributed by atoms with van der Waals surface area (Å²) in [5.74, 6) is -1.97. The molecule has 2 rings (SSSR count). The number of anilines is 1. The Hall–Kier alpha value is -2.85. The zero-order chi connectivity index (χ0) is 23.9. The number of methoxy groups -OCH3 is 1. The number of benzene rings is 1. The van der Waals surface area contributed by atoms with Crippen LogP contribution in [0.5, 0.6) is 0 Å². The van der Waals surface area contributed by atoms with Gasteiger partial charge in [0.15, 0.2) is 0 Å². The zero-order valence-electron chi connectivity index (χ0n) is 18.6. The predicted octanol–water partition coefficient (Wildman–Crippen LogP) is 1.54. The summed E-state index contributed by atoms with van der Waals surface area (Å²) in [7, 11) is 1.42. The first-order valence-corrected chi connectivity index (χ1v) is 10.5. The largest absolute Gasteiger partial charge is 0.444 e. The van der Waals surface area contributed by atoms with E-state index in [-0.39, 0.29) is 19.1 Å². The van der Waals surface area contributed by atoms with Gasteiger partial charge in [-0.3, -0.25) is 14.4 Å². The summed E-state index contributed by atoms with van der Waals surface area (Å²) in [5.41, 5.74) is -0.306. The summed E-state index contributed by atoms with van der Waals surface area (Å²) >= 11 is 5.82. The number of nitrogens with zero attached hydrogens (tertiary/aromatic N) is 1. The van der Waals surface area contributed by atoms with Gasteiger partial charge in [0.05, 0.1) is 12.1 Å². The molecule has 32 heavy (non-hydrogen) atoms. The highest BCUT2D eigenvalue weighted by atomic mass is 35.5. The fourth-order valence-corrected chi connectivity index (χ4v) is 3.25. The van der Waals surface area contributed by atoms with Crippen molar-refractivity contribution in [1.82, 2.24) is 15.5 Å². The lowest BCUT2D eigenvalue weighted by molar-refractivity contribution is -0.138. The van der Waals surface area contributed by atoms with Crippen LogP contribution in [-0.2, 0) is 23.9 Å². The first-order chi connectivity index (χ1) is 15.0. The standard InChI is InChI=1S/C21H29ClN4O6/c1-21(2,3)32-20(30)25-16-11-26(17(27)12-31-4)10-9-15(16)24-19(29)18(28)23-14-7-5-13(22)6-8-14/h5-8,15-16H,9-12H2,1-4H3,(H,23,28)(H,24,29)(H,25,30)/t15-,16+/m0/s1. The smallest absolute Gasteiger partial charge is 0.408 e. The van der Waals surface area contributed by atoms with E-state index >= 15 is 0 Å². The fourth-order valence-electron chi connectivity index (χ4n) is 3.13. The average Bonchev–Trinajstić information content (AvgIpc) is 2.69. The summed E-state index contributed by atoms with van der Waals surface area (Å²) in [5, 5.41) is 8.32. The molecule has 1 aromatic carbocycles. The summed E-state index contributed by atoms with van der Waals surface area (Å²) in [6, 6.07) is 5.07. The van der Waals surface area contributed by atoms with Crippen LogP contribution >= 0.6 is 11.6 Å². The fraction of sp³-hybridized carbons (Fsp3) is 0.524. The van der Waals surface area contributed by atoms with Crippen molar-refractivity contribution in [2.24, 2.45) is 0 Å². The lowest BCUT2D eigenvalue weighted by atomic mass is 9.99. The predicted molar refractivity (Wildman–Crippen MR) is 118 cm³/mol. The van der Waals surface area contributed by atoms with Crippen LogP contribution in [0.2, 0.25) is 5.02 Å². The lowest BCUT2D eigenvalue weighted by Gasteiger charge is -2.39. The molecule has 1 heterocycles. The minimum Gasteiger partial charge on any atom is -0.444 e. The molecule has 3 N–H and O–H groups in total. The van der Waals surface area contributed by atoms with E-state index in [0.29, 0.717) is 23.7 Å². The van der Waals surface area contributed by atoms with Crippen LogP contribution in [0, 0.1) is 0 Å². The first kappa shape index (κ1) is 25.4. The van der Waals surface area contributed by atoms with Gasteiger partial charge in [-0.05, 0) is 51.5 Å². The Labute approximate surface area is 191 Å². The molecule has 11 heteroatoms. The molecular formula is C21H29ClN4O6. The molecule has 1 saturated heterocycles. The monoisotopic (exact) mass is 468 g/mol. The first-order valence-electron chi connectivity index (χ1n) is 10.1. The summed E-state index contributed by atoms with van der Waals surface area (Å²) in [4.78, 5) is 50.8. The Morgan fingerprint density at radius 2 is 1.72 bits per heavy atom. The summed E-state index contributed by atoms with van der Waals surface area (Å²) in [6.07, 6.45) is -0.357. The molecule has 1 aliphatic heterocycles. The molecule has 1 aliphatic rings. The van der Waals surface area contributed by atoms with Gasteiger partial charge < -0.3 is 30.3 Å². The van der Waals surface area contributed by atoms with Crippen LogP contribution in [0.3, 0.4) is 0 Å². The topological polar surface area (TPSA) is 126 Å². The van der Waals surface area contributed by atoms with Gasteiger partial charge in [0.25, 0.3) is 0 Å². The van der Waals surface area contributed by atoms with Gasteiger partial charge in [0, 0.05) is 30.9 Å². The lowest BCUT2D eigenvalue weighted by Crippen LogP contribution is -2.62. The van der Waals surface area contributed by atoms with Gasteiger partial charge >= 0.3 is 17.9 Å². The van der Waals surface area contributed by atoms with E-state index in [1.54, 1.807) is 45.0 Å². The van der Waals surface area contributed by atoms with E-state index in [0.717, 1.165) is 0 Å². The molecule has 0 aromatic heterocycles. The Kier molecular flexibility index (Phi) is 8.85. The van der Waals surface area contributed by atoms with Gasteiger partial charge in [-0.15, -0.1) is 0 Å². The number of carbonyl (C=O) groups excluding carboxylic acids is 4. The third-order valence-electron chi connectivity index (χ3n) is 4.56. The molecule has 0 aliphatic carbocycles. The third kappa shape index (κ3) is 8.01. The normalized spacial score (nSPS) is 18.5. The minimum atomic E-state index is -0.863. The maximum absolute atomic E-state index is 12.5.